The molecule has 0 amide bonds. The molecule has 0 spiro atoms. The Labute approximate surface area is 160 Å². The highest BCUT2D eigenvalue weighted by Gasteiger charge is 2.18. The number of hydrogen-bond donors (Lipinski definition) is 1. The summed E-state index contributed by atoms with van der Waals surface area (Å²) in [4.78, 5) is 21.6. The van der Waals surface area contributed by atoms with Gasteiger partial charge in [0.15, 0.2) is 11.5 Å². The smallest absolute Gasteiger partial charge is 0.360 e. The van der Waals surface area contributed by atoms with Crippen molar-refractivity contribution >= 4 is 44.4 Å². The van der Waals surface area contributed by atoms with Crippen LogP contribution in [0.1, 0.15) is 34.1 Å². The summed E-state index contributed by atoms with van der Waals surface area (Å²) in [6, 6.07) is 9.76. The summed E-state index contributed by atoms with van der Waals surface area (Å²) in [5, 5.41) is 3.21. The zero-order valence-corrected chi connectivity index (χ0v) is 16.8. The van der Waals surface area contributed by atoms with Crippen LogP contribution in [0.25, 0.3) is 11.0 Å². The van der Waals surface area contributed by atoms with E-state index < -0.39 is 5.97 Å². The number of hydrogen-bond acceptors (Lipinski definition) is 5. The van der Waals surface area contributed by atoms with E-state index in [1.165, 1.54) is 0 Å². The van der Waals surface area contributed by atoms with Crippen molar-refractivity contribution in [3.05, 3.63) is 57.2 Å². The van der Waals surface area contributed by atoms with Crippen LogP contribution in [-0.2, 0) is 4.74 Å². The van der Waals surface area contributed by atoms with Crippen molar-refractivity contribution < 1.29 is 9.53 Å². The molecule has 1 N–H and O–H groups in total. The summed E-state index contributed by atoms with van der Waals surface area (Å²) >= 11 is 3.49. The number of halogens is 1. The molecule has 0 saturated heterocycles. The second-order valence-corrected chi connectivity index (χ2v) is 7.01. The van der Waals surface area contributed by atoms with E-state index in [0.717, 1.165) is 32.4 Å². The lowest BCUT2D eigenvalue weighted by Crippen LogP contribution is -2.12. The summed E-state index contributed by atoms with van der Waals surface area (Å²) in [5.41, 5.74) is 5.72. The number of aryl methyl sites for hydroxylation is 3. The predicted octanol–water partition coefficient (Wildman–Crippen LogP) is 5.24. The van der Waals surface area contributed by atoms with Gasteiger partial charge in [-0.2, -0.15) is 0 Å². The molecule has 134 valence electrons. The SMILES string of the molecule is CCOC(=O)c1nc2cc(C)c(C)cc2nc1Nc1ccc(Br)c(C)c1. The number of rotatable bonds is 4. The molecule has 6 heteroatoms. The van der Waals surface area contributed by atoms with Crippen molar-refractivity contribution in [1.29, 1.82) is 0 Å². The second kappa shape index (κ2) is 7.41. The first-order valence-corrected chi connectivity index (χ1v) is 9.17. The van der Waals surface area contributed by atoms with Crippen LogP contribution >= 0.6 is 15.9 Å². The second-order valence-electron chi connectivity index (χ2n) is 6.16. The molecule has 0 unspecified atom stereocenters. The van der Waals surface area contributed by atoms with Gasteiger partial charge in [-0.1, -0.05) is 15.9 Å². The number of ether oxygens (including phenoxy) is 1. The molecule has 1 aromatic heterocycles. The van der Waals surface area contributed by atoms with Crippen LogP contribution < -0.4 is 5.32 Å². The normalized spacial score (nSPS) is 10.8. The lowest BCUT2D eigenvalue weighted by Gasteiger charge is -2.13. The molecule has 2 aromatic carbocycles. The van der Waals surface area contributed by atoms with E-state index in [9.17, 15) is 4.79 Å². The molecule has 0 aliphatic carbocycles. The molecule has 0 aliphatic heterocycles. The number of fused-ring (bicyclic) bond motifs is 1. The zero-order chi connectivity index (χ0) is 18.8. The van der Waals surface area contributed by atoms with Gasteiger partial charge in [0.25, 0.3) is 0 Å². The zero-order valence-electron chi connectivity index (χ0n) is 15.2. The fourth-order valence-electron chi connectivity index (χ4n) is 2.60. The lowest BCUT2D eigenvalue weighted by molar-refractivity contribution is 0.0521. The highest BCUT2D eigenvalue weighted by Crippen LogP contribution is 2.26. The maximum atomic E-state index is 12.4. The summed E-state index contributed by atoms with van der Waals surface area (Å²) < 4.78 is 6.18. The number of nitrogens with one attached hydrogen (secondary N) is 1. The molecule has 26 heavy (non-hydrogen) atoms. The fourth-order valence-corrected chi connectivity index (χ4v) is 2.85. The topological polar surface area (TPSA) is 64.1 Å². The molecule has 5 nitrogen and oxygen atoms in total. The Morgan fingerprint density at radius 2 is 1.69 bits per heavy atom. The first kappa shape index (κ1) is 18.3. The Bertz CT molecular complexity index is 1000. The number of nitrogens with zero attached hydrogens (tertiary/aromatic N) is 2. The third kappa shape index (κ3) is 3.70. The van der Waals surface area contributed by atoms with E-state index in [-0.39, 0.29) is 12.3 Å². The van der Waals surface area contributed by atoms with Gasteiger partial charge in [0.1, 0.15) is 0 Å². The Morgan fingerprint density at radius 3 is 2.31 bits per heavy atom. The van der Waals surface area contributed by atoms with Gasteiger partial charge in [-0.05, 0) is 74.7 Å². The minimum absolute atomic E-state index is 0.183. The number of aromatic nitrogens is 2. The minimum atomic E-state index is -0.489. The standard InChI is InChI=1S/C20H20BrN3O2/c1-5-26-20(25)18-19(22-14-6-7-15(21)13(4)8-14)24-17-10-12(3)11(2)9-16(17)23-18/h6-10H,5H2,1-4H3,(H,22,24). The van der Waals surface area contributed by atoms with Crippen molar-refractivity contribution in [2.24, 2.45) is 0 Å². The molecule has 0 saturated carbocycles. The molecule has 1 heterocycles. The van der Waals surface area contributed by atoms with Crippen LogP contribution in [0.4, 0.5) is 11.5 Å². The average molecular weight is 414 g/mol. The highest BCUT2D eigenvalue weighted by atomic mass is 79.9. The van der Waals surface area contributed by atoms with Crippen molar-refractivity contribution in [3.8, 4) is 0 Å². The summed E-state index contributed by atoms with van der Waals surface area (Å²) in [5.74, 6) is -0.0996. The van der Waals surface area contributed by atoms with Crippen LogP contribution in [0.3, 0.4) is 0 Å². The van der Waals surface area contributed by atoms with E-state index in [2.05, 4.69) is 31.2 Å². The summed E-state index contributed by atoms with van der Waals surface area (Å²) in [7, 11) is 0. The molecule has 0 radical (unpaired) electrons. The third-order valence-corrected chi connectivity index (χ3v) is 5.06. The van der Waals surface area contributed by atoms with Crippen LogP contribution in [0, 0.1) is 20.8 Å². The molecule has 3 aromatic rings. The molecule has 0 atom stereocenters. The number of esters is 1. The van der Waals surface area contributed by atoms with E-state index in [4.69, 9.17) is 4.74 Å². The summed E-state index contributed by atoms with van der Waals surface area (Å²) in [6.45, 7) is 8.09. The van der Waals surface area contributed by atoms with Gasteiger partial charge in [-0.15, -0.1) is 0 Å². The third-order valence-electron chi connectivity index (χ3n) is 4.17. The average Bonchev–Trinajstić information content (AvgIpc) is 2.59. The van der Waals surface area contributed by atoms with Crippen LogP contribution in [0.5, 0.6) is 0 Å². The maximum absolute atomic E-state index is 12.4. The Balaban J connectivity index is 2.13. The molecule has 0 bridgehead atoms. The first-order chi connectivity index (χ1) is 12.4. The van der Waals surface area contributed by atoms with Crippen molar-refractivity contribution in [2.75, 3.05) is 11.9 Å². The highest BCUT2D eigenvalue weighted by molar-refractivity contribution is 9.10. The van der Waals surface area contributed by atoms with Gasteiger partial charge in [-0.25, -0.2) is 14.8 Å². The van der Waals surface area contributed by atoms with Gasteiger partial charge in [0.05, 0.1) is 17.6 Å². The molecule has 0 aliphatic rings. The van der Waals surface area contributed by atoms with Gasteiger partial charge >= 0.3 is 5.97 Å². The fraction of sp³-hybridized carbons (Fsp3) is 0.250. The predicted molar refractivity (Wildman–Crippen MR) is 107 cm³/mol. The van der Waals surface area contributed by atoms with Crippen molar-refractivity contribution in [2.45, 2.75) is 27.7 Å². The first-order valence-electron chi connectivity index (χ1n) is 8.38. The lowest BCUT2D eigenvalue weighted by atomic mass is 10.1. The van der Waals surface area contributed by atoms with Gasteiger partial charge in [0.2, 0.25) is 0 Å². The minimum Gasteiger partial charge on any atom is -0.461 e. The van der Waals surface area contributed by atoms with Gasteiger partial charge in [0, 0.05) is 10.2 Å². The molecular formula is C20H20BrN3O2. The summed E-state index contributed by atoms with van der Waals surface area (Å²) in [6.07, 6.45) is 0. The van der Waals surface area contributed by atoms with E-state index >= 15 is 0 Å². The van der Waals surface area contributed by atoms with E-state index in [0.29, 0.717) is 11.3 Å². The number of carbonyl (C=O) groups excluding carboxylic acids is 1. The Morgan fingerprint density at radius 1 is 1.04 bits per heavy atom. The largest absolute Gasteiger partial charge is 0.461 e. The number of benzene rings is 2. The van der Waals surface area contributed by atoms with Crippen LogP contribution in [0.2, 0.25) is 0 Å². The monoisotopic (exact) mass is 413 g/mol. The van der Waals surface area contributed by atoms with Gasteiger partial charge < -0.3 is 10.1 Å². The molecule has 0 fully saturated rings. The number of carbonyl (C=O) groups is 1. The number of anilines is 2. The van der Waals surface area contributed by atoms with E-state index in [1.54, 1.807) is 6.92 Å². The Kier molecular flexibility index (Phi) is 5.23. The van der Waals surface area contributed by atoms with Crippen molar-refractivity contribution in [1.82, 2.24) is 9.97 Å². The molecular weight excluding hydrogens is 394 g/mol. The maximum Gasteiger partial charge on any atom is 0.360 e. The van der Waals surface area contributed by atoms with Crippen LogP contribution in [0.15, 0.2) is 34.8 Å². The van der Waals surface area contributed by atoms with E-state index in [1.807, 2.05) is 51.1 Å². The van der Waals surface area contributed by atoms with Crippen molar-refractivity contribution in [3.63, 3.8) is 0 Å². The van der Waals surface area contributed by atoms with Gasteiger partial charge in [-0.3, -0.25) is 0 Å². The quantitative estimate of drug-likeness (QED) is 0.592. The Hall–Kier alpha value is -2.47. The molecule has 3 rings (SSSR count). The van der Waals surface area contributed by atoms with Crippen LogP contribution in [-0.4, -0.2) is 22.5 Å².